The lowest BCUT2D eigenvalue weighted by atomic mass is 9.96. The fraction of sp³-hybridized carbons (Fsp3) is 0.500. The first-order valence-electron chi connectivity index (χ1n) is 7.94. The lowest BCUT2D eigenvalue weighted by molar-refractivity contribution is 0.156. The number of benzene rings is 1. The summed E-state index contributed by atoms with van der Waals surface area (Å²) >= 11 is 0. The number of piperidine rings is 1. The van der Waals surface area contributed by atoms with Gasteiger partial charge in [-0.05, 0) is 45.1 Å². The molecule has 0 aliphatic carbocycles. The quantitative estimate of drug-likeness (QED) is 0.627. The van der Waals surface area contributed by atoms with Crippen LogP contribution in [0.15, 0.2) is 24.3 Å². The number of hydrogen-bond acceptors (Lipinski definition) is 3. The molecule has 1 aliphatic heterocycles. The van der Waals surface area contributed by atoms with Crippen molar-refractivity contribution in [1.29, 1.82) is 0 Å². The third-order valence-electron chi connectivity index (χ3n) is 4.41. The van der Waals surface area contributed by atoms with Gasteiger partial charge in [-0.15, -0.1) is 6.42 Å². The summed E-state index contributed by atoms with van der Waals surface area (Å²) in [5.74, 6) is 4.26. The van der Waals surface area contributed by atoms with Crippen molar-refractivity contribution in [3.05, 3.63) is 30.1 Å². The minimum absolute atomic E-state index is 0.371. The summed E-state index contributed by atoms with van der Waals surface area (Å²) in [5, 5.41) is 0. The van der Waals surface area contributed by atoms with Gasteiger partial charge >= 0.3 is 0 Å². The number of imidazole rings is 1. The molecule has 0 N–H and O–H groups in total. The predicted molar refractivity (Wildman–Crippen MR) is 88.9 cm³/mol. The average molecular weight is 297 g/mol. The van der Waals surface area contributed by atoms with Crippen LogP contribution < -0.4 is 0 Å². The van der Waals surface area contributed by atoms with Gasteiger partial charge in [0.25, 0.3) is 0 Å². The highest BCUT2D eigenvalue weighted by molar-refractivity contribution is 5.76. The van der Waals surface area contributed by atoms with Crippen molar-refractivity contribution < 1.29 is 4.74 Å². The molecule has 2 aromatic rings. The fourth-order valence-electron chi connectivity index (χ4n) is 3.19. The van der Waals surface area contributed by atoms with E-state index in [2.05, 4.69) is 40.6 Å². The number of para-hydroxylation sites is 2. The van der Waals surface area contributed by atoms with Crippen LogP contribution in [0.2, 0.25) is 0 Å². The van der Waals surface area contributed by atoms with Crippen LogP contribution in [0.1, 0.15) is 24.6 Å². The van der Waals surface area contributed by atoms with Crippen LogP contribution in [0, 0.1) is 12.3 Å². The molecule has 0 spiro atoms. The largest absolute Gasteiger partial charge is 0.367 e. The molecule has 1 fully saturated rings. The van der Waals surface area contributed by atoms with Gasteiger partial charge in [0.15, 0.2) is 0 Å². The highest BCUT2D eigenvalue weighted by Gasteiger charge is 2.23. The van der Waals surface area contributed by atoms with Crippen molar-refractivity contribution >= 4 is 11.0 Å². The van der Waals surface area contributed by atoms with E-state index in [0.29, 0.717) is 19.1 Å². The normalized spacial score (nSPS) is 16.9. The summed E-state index contributed by atoms with van der Waals surface area (Å²) in [6, 6.07) is 8.35. The molecular weight excluding hydrogens is 274 g/mol. The van der Waals surface area contributed by atoms with Gasteiger partial charge in [0.2, 0.25) is 0 Å². The zero-order chi connectivity index (χ0) is 15.4. The van der Waals surface area contributed by atoms with Crippen LogP contribution in [0.3, 0.4) is 0 Å². The van der Waals surface area contributed by atoms with E-state index in [1.165, 1.54) is 24.2 Å². The molecule has 116 valence electrons. The molecule has 1 aliphatic rings. The molecule has 0 amide bonds. The Balaban J connectivity index is 1.85. The summed E-state index contributed by atoms with van der Waals surface area (Å²) in [4.78, 5) is 7.30. The van der Waals surface area contributed by atoms with Gasteiger partial charge < -0.3 is 14.2 Å². The molecule has 0 unspecified atom stereocenters. The second-order valence-corrected chi connectivity index (χ2v) is 5.94. The SMILES string of the molecule is C#CCOCCn1c(C2CCN(C)CC2)nc2ccccc21. The molecule has 1 aromatic carbocycles. The molecule has 1 aromatic heterocycles. The zero-order valence-corrected chi connectivity index (χ0v) is 13.2. The molecule has 0 bridgehead atoms. The van der Waals surface area contributed by atoms with E-state index >= 15 is 0 Å². The number of aromatic nitrogens is 2. The Labute approximate surface area is 132 Å². The Kier molecular flexibility index (Phi) is 4.77. The van der Waals surface area contributed by atoms with Crippen molar-refractivity contribution in [1.82, 2.24) is 14.5 Å². The molecule has 1 saturated heterocycles. The van der Waals surface area contributed by atoms with Gasteiger partial charge in [0.1, 0.15) is 12.4 Å². The first-order chi connectivity index (χ1) is 10.8. The molecule has 2 heterocycles. The minimum atomic E-state index is 0.371. The number of ether oxygens (including phenoxy) is 1. The van der Waals surface area contributed by atoms with E-state index in [9.17, 15) is 0 Å². The monoisotopic (exact) mass is 297 g/mol. The number of hydrogen-bond donors (Lipinski definition) is 0. The second kappa shape index (κ2) is 6.95. The topological polar surface area (TPSA) is 30.3 Å². The van der Waals surface area contributed by atoms with Crippen molar-refractivity contribution in [3.8, 4) is 12.3 Å². The lowest BCUT2D eigenvalue weighted by Crippen LogP contribution is -2.30. The predicted octanol–water partition coefficient (Wildman–Crippen LogP) is 2.50. The van der Waals surface area contributed by atoms with Crippen LogP contribution in [0.5, 0.6) is 0 Å². The number of terminal acetylenes is 1. The summed E-state index contributed by atoms with van der Waals surface area (Å²) in [6.45, 7) is 4.09. The minimum Gasteiger partial charge on any atom is -0.367 e. The van der Waals surface area contributed by atoms with Crippen LogP contribution in [0.25, 0.3) is 11.0 Å². The van der Waals surface area contributed by atoms with E-state index in [-0.39, 0.29) is 0 Å². The Bertz CT molecular complexity index is 663. The highest BCUT2D eigenvalue weighted by atomic mass is 16.5. The maximum Gasteiger partial charge on any atom is 0.113 e. The van der Waals surface area contributed by atoms with E-state index in [1.54, 1.807) is 0 Å². The molecular formula is C18H23N3O. The van der Waals surface area contributed by atoms with Crippen molar-refractivity contribution in [2.75, 3.05) is 33.4 Å². The Morgan fingerprint density at radius 3 is 2.86 bits per heavy atom. The van der Waals surface area contributed by atoms with Crippen LogP contribution in [-0.4, -0.2) is 47.8 Å². The third kappa shape index (κ3) is 3.16. The lowest BCUT2D eigenvalue weighted by Gasteiger charge is -2.29. The molecule has 4 heteroatoms. The van der Waals surface area contributed by atoms with E-state index in [1.807, 2.05) is 6.07 Å². The van der Waals surface area contributed by atoms with Crippen LogP contribution in [0.4, 0.5) is 0 Å². The first-order valence-corrected chi connectivity index (χ1v) is 7.94. The maximum absolute atomic E-state index is 5.47. The van der Waals surface area contributed by atoms with Gasteiger partial charge in [0.05, 0.1) is 17.6 Å². The summed E-state index contributed by atoms with van der Waals surface area (Å²) in [5.41, 5.74) is 2.27. The molecule has 0 radical (unpaired) electrons. The van der Waals surface area contributed by atoms with Crippen molar-refractivity contribution in [3.63, 3.8) is 0 Å². The van der Waals surface area contributed by atoms with E-state index in [0.717, 1.165) is 25.2 Å². The smallest absolute Gasteiger partial charge is 0.113 e. The summed E-state index contributed by atoms with van der Waals surface area (Å²) in [6.07, 6.45) is 7.58. The van der Waals surface area contributed by atoms with Crippen molar-refractivity contribution in [2.45, 2.75) is 25.3 Å². The molecule has 22 heavy (non-hydrogen) atoms. The van der Waals surface area contributed by atoms with Crippen LogP contribution in [-0.2, 0) is 11.3 Å². The molecule has 3 rings (SSSR count). The number of fused-ring (bicyclic) bond motifs is 1. The average Bonchev–Trinajstić information content (AvgIpc) is 2.91. The van der Waals surface area contributed by atoms with E-state index < -0.39 is 0 Å². The summed E-state index contributed by atoms with van der Waals surface area (Å²) in [7, 11) is 2.19. The van der Waals surface area contributed by atoms with Crippen molar-refractivity contribution in [2.24, 2.45) is 0 Å². The van der Waals surface area contributed by atoms with Gasteiger partial charge in [-0.1, -0.05) is 18.1 Å². The second-order valence-electron chi connectivity index (χ2n) is 5.94. The standard InChI is InChI=1S/C18H23N3O/c1-3-13-22-14-12-21-17-7-5-4-6-16(17)19-18(21)15-8-10-20(2)11-9-15/h1,4-7,15H,8-14H2,2H3. The molecule has 0 saturated carbocycles. The number of likely N-dealkylation sites (tertiary alicyclic amines) is 1. The van der Waals surface area contributed by atoms with Crippen LogP contribution >= 0.6 is 0 Å². The molecule has 0 atom stereocenters. The van der Waals surface area contributed by atoms with Gasteiger partial charge in [-0.2, -0.15) is 0 Å². The maximum atomic E-state index is 5.47. The third-order valence-corrected chi connectivity index (χ3v) is 4.41. The fourth-order valence-corrected chi connectivity index (χ4v) is 3.19. The number of rotatable bonds is 5. The summed E-state index contributed by atoms with van der Waals surface area (Å²) < 4.78 is 7.79. The first kappa shape index (κ1) is 15.1. The van der Waals surface area contributed by atoms with Gasteiger partial charge in [-0.3, -0.25) is 0 Å². The van der Waals surface area contributed by atoms with Gasteiger partial charge in [-0.25, -0.2) is 4.98 Å². The Morgan fingerprint density at radius 2 is 2.09 bits per heavy atom. The highest BCUT2D eigenvalue weighted by Crippen LogP contribution is 2.29. The Hall–Kier alpha value is -1.83. The molecule has 4 nitrogen and oxygen atoms in total. The van der Waals surface area contributed by atoms with E-state index in [4.69, 9.17) is 16.1 Å². The Morgan fingerprint density at radius 1 is 1.32 bits per heavy atom. The van der Waals surface area contributed by atoms with Gasteiger partial charge in [0, 0.05) is 12.5 Å². The zero-order valence-electron chi connectivity index (χ0n) is 13.2. The number of nitrogens with zero attached hydrogens (tertiary/aromatic N) is 3.